The van der Waals surface area contributed by atoms with Gasteiger partial charge in [-0.25, -0.2) is 8.93 Å². The van der Waals surface area contributed by atoms with E-state index in [0.717, 1.165) is 23.9 Å². The van der Waals surface area contributed by atoms with Crippen molar-refractivity contribution in [1.82, 2.24) is 9.62 Å². The quantitative estimate of drug-likeness (QED) is 0.642. The maximum atomic E-state index is 10.9. The Kier molecular flexibility index (Phi) is 5.68. The van der Waals surface area contributed by atoms with E-state index in [1.165, 1.54) is 30.6 Å². The summed E-state index contributed by atoms with van der Waals surface area (Å²) in [4.78, 5) is 2.64. The Balaban J connectivity index is 1.34. The summed E-state index contributed by atoms with van der Waals surface area (Å²) in [5, 5.41) is 0. The minimum absolute atomic E-state index is 0.200. The van der Waals surface area contributed by atoms with Gasteiger partial charge in [-0.05, 0) is 46.9 Å². The van der Waals surface area contributed by atoms with Gasteiger partial charge >= 0.3 is 0 Å². The summed E-state index contributed by atoms with van der Waals surface area (Å²) < 4.78 is 22.4. The molecule has 29 heavy (non-hydrogen) atoms. The molecule has 1 saturated carbocycles. The monoisotopic (exact) mass is 412 g/mol. The second-order valence-electron chi connectivity index (χ2n) is 9.53. The first-order valence-corrected chi connectivity index (χ1v) is 11.6. The summed E-state index contributed by atoms with van der Waals surface area (Å²) >= 11 is -1.97. The highest BCUT2D eigenvalue weighted by molar-refractivity contribution is 7.77. The molecule has 2 aromatic rings. The van der Waals surface area contributed by atoms with E-state index in [4.69, 9.17) is 4.55 Å². The summed E-state index contributed by atoms with van der Waals surface area (Å²) in [6, 6.07) is 19.4. The maximum Gasteiger partial charge on any atom is 0.232 e. The number of nitrogens with zero attached hydrogens (tertiary/aromatic N) is 1. The standard InChI is InChI=1S/C24H32N2O2S/c1-23(2,19-9-5-4-6-10-19)12-13-26-16-21-22(17-26)24(21,3)20-11-7-8-18(14-20)15-25-29(27)28/h4-11,14,21-22,25H,12-13,15-17H2,1-3H3,(H,27,28). The SMILES string of the molecule is CC(C)(CCN1CC2C(C1)C2(C)c1cccc(CNS(=O)O)c1)c1ccccc1. The van der Waals surface area contributed by atoms with Crippen LogP contribution in [0.25, 0.3) is 0 Å². The Morgan fingerprint density at radius 1 is 1.14 bits per heavy atom. The first kappa shape index (κ1) is 20.7. The molecule has 0 radical (unpaired) electrons. The zero-order chi connectivity index (χ0) is 20.6. The van der Waals surface area contributed by atoms with E-state index in [1.54, 1.807) is 0 Å². The van der Waals surface area contributed by atoms with Crippen LogP contribution >= 0.6 is 0 Å². The Labute approximate surface area is 177 Å². The average Bonchev–Trinajstić information content (AvgIpc) is 3.06. The summed E-state index contributed by atoms with van der Waals surface area (Å²) in [6.45, 7) is 11.0. The molecule has 1 aliphatic heterocycles. The van der Waals surface area contributed by atoms with Crippen LogP contribution in [0.2, 0.25) is 0 Å². The van der Waals surface area contributed by atoms with Crippen molar-refractivity contribution < 1.29 is 8.76 Å². The zero-order valence-electron chi connectivity index (χ0n) is 17.6. The number of hydrogen-bond acceptors (Lipinski definition) is 2. The van der Waals surface area contributed by atoms with Crippen molar-refractivity contribution in [2.45, 2.75) is 44.6 Å². The van der Waals surface area contributed by atoms with Gasteiger partial charge in [0.15, 0.2) is 0 Å². The smallest absolute Gasteiger partial charge is 0.232 e. The highest BCUT2D eigenvalue weighted by Crippen LogP contribution is 2.63. The van der Waals surface area contributed by atoms with Crippen LogP contribution in [0.4, 0.5) is 0 Å². The van der Waals surface area contributed by atoms with Gasteiger partial charge in [0.25, 0.3) is 0 Å². The molecule has 0 amide bonds. The summed E-state index contributed by atoms with van der Waals surface area (Å²) in [5.41, 5.74) is 4.31. The van der Waals surface area contributed by atoms with Crippen molar-refractivity contribution in [2.24, 2.45) is 11.8 Å². The minimum atomic E-state index is -1.97. The van der Waals surface area contributed by atoms with Gasteiger partial charge in [-0.2, -0.15) is 0 Å². The fourth-order valence-corrected chi connectivity index (χ4v) is 5.50. The Morgan fingerprint density at radius 2 is 1.83 bits per heavy atom. The molecular formula is C24H32N2O2S. The molecule has 3 atom stereocenters. The average molecular weight is 413 g/mol. The van der Waals surface area contributed by atoms with E-state index >= 15 is 0 Å². The molecular weight excluding hydrogens is 380 g/mol. The van der Waals surface area contributed by atoms with Gasteiger partial charge in [0, 0.05) is 25.0 Å². The lowest BCUT2D eigenvalue weighted by Crippen LogP contribution is -2.33. The summed E-state index contributed by atoms with van der Waals surface area (Å²) in [7, 11) is 0. The molecule has 1 aliphatic carbocycles. The van der Waals surface area contributed by atoms with Crippen molar-refractivity contribution in [1.29, 1.82) is 0 Å². The molecule has 5 heteroatoms. The molecule has 1 heterocycles. The fourth-order valence-electron chi connectivity index (χ4n) is 5.21. The lowest BCUT2D eigenvalue weighted by Gasteiger charge is -2.30. The van der Waals surface area contributed by atoms with Crippen molar-refractivity contribution >= 4 is 11.3 Å². The second kappa shape index (κ2) is 7.95. The van der Waals surface area contributed by atoms with Crippen LogP contribution < -0.4 is 4.72 Å². The number of likely N-dealkylation sites (tertiary alicyclic amines) is 1. The van der Waals surface area contributed by atoms with Crippen molar-refractivity contribution in [3.8, 4) is 0 Å². The minimum Gasteiger partial charge on any atom is -0.303 e. The molecule has 4 nitrogen and oxygen atoms in total. The van der Waals surface area contributed by atoms with Crippen LogP contribution in [0.3, 0.4) is 0 Å². The molecule has 3 unspecified atom stereocenters. The van der Waals surface area contributed by atoms with Crippen LogP contribution in [0.15, 0.2) is 54.6 Å². The predicted molar refractivity (Wildman–Crippen MR) is 119 cm³/mol. The molecule has 2 aliphatic rings. The highest BCUT2D eigenvalue weighted by Gasteiger charge is 2.65. The van der Waals surface area contributed by atoms with Crippen LogP contribution in [0.5, 0.6) is 0 Å². The Hall–Kier alpha value is -1.53. The van der Waals surface area contributed by atoms with Gasteiger partial charge < -0.3 is 4.90 Å². The van der Waals surface area contributed by atoms with Crippen molar-refractivity contribution in [2.75, 3.05) is 19.6 Å². The molecule has 0 aromatic heterocycles. The normalized spacial score (nSPS) is 27.6. The number of piperidine rings is 1. The highest BCUT2D eigenvalue weighted by atomic mass is 32.2. The zero-order valence-corrected chi connectivity index (χ0v) is 18.4. The van der Waals surface area contributed by atoms with Gasteiger partial charge in [-0.3, -0.25) is 4.55 Å². The van der Waals surface area contributed by atoms with Gasteiger partial charge in [0.2, 0.25) is 11.3 Å². The van der Waals surface area contributed by atoms with E-state index in [-0.39, 0.29) is 10.8 Å². The third-order valence-electron chi connectivity index (χ3n) is 7.38. The Bertz CT molecular complexity index is 871. The third kappa shape index (κ3) is 4.19. The van der Waals surface area contributed by atoms with Gasteiger partial charge in [-0.15, -0.1) is 0 Å². The molecule has 0 spiro atoms. The van der Waals surface area contributed by atoms with E-state index < -0.39 is 11.3 Å². The first-order chi connectivity index (χ1) is 13.8. The molecule has 0 bridgehead atoms. The number of fused-ring (bicyclic) bond motifs is 1. The van der Waals surface area contributed by atoms with E-state index in [1.807, 2.05) is 6.07 Å². The van der Waals surface area contributed by atoms with Gasteiger partial charge in [-0.1, -0.05) is 75.4 Å². The lowest BCUT2D eigenvalue weighted by atomic mass is 9.81. The van der Waals surface area contributed by atoms with Crippen LogP contribution in [-0.2, 0) is 28.6 Å². The molecule has 2 N–H and O–H groups in total. The van der Waals surface area contributed by atoms with E-state index in [9.17, 15) is 4.21 Å². The number of benzene rings is 2. The van der Waals surface area contributed by atoms with Crippen LogP contribution in [0, 0.1) is 11.8 Å². The number of hydrogen-bond donors (Lipinski definition) is 2. The summed E-state index contributed by atoms with van der Waals surface area (Å²) in [5.74, 6) is 1.44. The Morgan fingerprint density at radius 3 is 2.48 bits per heavy atom. The largest absolute Gasteiger partial charge is 0.303 e. The van der Waals surface area contributed by atoms with Crippen molar-refractivity contribution in [3.63, 3.8) is 0 Å². The molecule has 2 fully saturated rings. The second-order valence-corrected chi connectivity index (χ2v) is 10.3. The maximum absolute atomic E-state index is 10.9. The lowest BCUT2D eigenvalue weighted by molar-refractivity contribution is 0.252. The molecule has 1 saturated heterocycles. The topological polar surface area (TPSA) is 52.6 Å². The first-order valence-electron chi connectivity index (χ1n) is 10.5. The van der Waals surface area contributed by atoms with Crippen LogP contribution in [-0.4, -0.2) is 33.3 Å². The number of rotatable bonds is 8. The van der Waals surface area contributed by atoms with Gasteiger partial charge in [0.1, 0.15) is 0 Å². The predicted octanol–water partition coefficient (Wildman–Crippen LogP) is 4.10. The van der Waals surface area contributed by atoms with Gasteiger partial charge in [0.05, 0.1) is 0 Å². The summed E-state index contributed by atoms with van der Waals surface area (Å²) in [6.07, 6.45) is 1.17. The van der Waals surface area contributed by atoms with Crippen molar-refractivity contribution in [3.05, 3.63) is 71.3 Å². The molecule has 2 aromatic carbocycles. The molecule has 4 rings (SSSR count). The third-order valence-corrected chi connectivity index (χ3v) is 7.78. The van der Waals surface area contributed by atoms with Crippen LogP contribution in [0.1, 0.15) is 43.9 Å². The number of nitrogens with one attached hydrogen (secondary N) is 1. The molecule has 156 valence electrons. The van der Waals surface area contributed by atoms with E-state index in [2.05, 4.69) is 78.9 Å². The fraction of sp³-hybridized carbons (Fsp3) is 0.500. The van der Waals surface area contributed by atoms with E-state index in [0.29, 0.717) is 6.54 Å².